The quantitative estimate of drug-likeness (QED) is 0.151. The first kappa shape index (κ1) is 31.8. The van der Waals surface area contributed by atoms with Gasteiger partial charge in [-0.1, -0.05) is 110 Å². The molecule has 1 atom stereocenters. The van der Waals surface area contributed by atoms with E-state index in [9.17, 15) is 0 Å². The van der Waals surface area contributed by atoms with E-state index in [-0.39, 0.29) is 0 Å². The topological polar surface area (TPSA) is 4.93 Å². The van der Waals surface area contributed by atoms with E-state index in [1.807, 2.05) is 0 Å². The van der Waals surface area contributed by atoms with Gasteiger partial charge in [-0.2, -0.15) is 0 Å². The summed E-state index contributed by atoms with van der Waals surface area (Å²) in [5.74, 6) is 0.347. The first-order chi connectivity index (χ1) is 22.9. The van der Waals surface area contributed by atoms with Gasteiger partial charge in [-0.25, -0.2) is 0 Å². The van der Waals surface area contributed by atoms with Crippen molar-refractivity contribution in [3.8, 4) is 27.9 Å². The average Bonchev–Trinajstić information content (AvgIpc) is 3.43. The van der Waals surface area contributed by atoms with E-state index >= 15 is 0 Å². The van der Waals surface area contributed by atoms with Gasteiger partial charge in [-0.05, 0) is 134 Å². The van der Waals surface area contributed by atoms with Crippen LogP contribution >= 0.6 is 0 Å². The molecule has 5 aromatic carbocycles. The van der Waals surface area contributed by atoms with Crippen LogP contribution in [0.15, 0.2) is 145 Å². The third-order valence-electron chi connectivity index (χ3n) is 9.71. The number of nitrogens with zero attached hydrogens (tertiary/aromatic N) is 1. The lowest BCUT2D eigenvalue weighted by Crippen LogP contribution is -2.00. The number of rotatable bonds is 8. The normalized spacial score (nSPS) is 13.4. The van der Waals surface area contributed by atoms with Crippen molar-refractivity contribution in [1.29, 1.82) is 0 Å². The highest BCUT2D eigenvalue weighted by atomic mass is 15.0. The van der Waals surface area contributed by atoms with E-state index in [0.717, 1.165) is 0 Å². The molecule has 0 saturated carbocycles. The molecule has 1 heteroatoms. The molecule has 6 rings (SSSR count). The predicted molar refractivity (Wildman–Crippen MR) is 207 cm³/mol. The van der Waals surface area contributed by atoms with Crippen LogP contribution in [0.25, 0.3) is 55.3 Å². The summed E-state index contributed by atoms with van der Waals surface area (Å²) < 4.78 is 2.40. The molecule has 1 unspecified atom stereocenters. The first-order valence-electron chi connectivity index (χ1n) is 16.8. The molecule has 0 aliphatic rings. The number of fused-ring (bicyclic) bond motifs is 3. The fraction of sp³-hybridized carbons (Fsp3) is 0.174. The second-order valence-corrected chi connectivity index (χ2v) is 12.6. The van der Waals surface area contributed by atoms with Crippen LogP contribution in [0, 0.1) is 13.8 Å². The van der Waals surface area contributed by atoms with Crippen molar-refractivity contribution in [2.24, 2.45) is 0 Å². The van der Waals surface area contributed by atoms with Crippen molar-refractivity contribution < 1.29 is 0 Å². The molecule has 47 heavy (non-hydrogen) atoms. The molecule has 0 radical (unpaired) electrons. The zero-order valence-electron chi connectivity index (χ0n) is 28.8. The summed E-state index contributed by atoms with van der Waals surface area (Å²) in [4.78, 5) is 0. The molecule has 0 aliphatic carbocycles. The van der Waals surface area contributed by atoms with E-state index in [4.69, 9.17) is 0 Å². The Bertz CT molecular complexity index is 2200. The highest BCUT2D eigenvalue weighted by Crippen LogP contribution is 2.39. The van der Waals surface area contributed by atoms with E-state index in [2.05, 4.69) is 193 Å². The van der Waals surface area contributed by atoms with Crippen LogP contribution in [0.2, 0.25) is 0 Å². The minimum atomic E-state index is 0.347. The molecule has 234 valence electrons. The Kier molecular flexibility index (Phi) is 9.27. The van der Waals surface area contributed by atoms with Gasteiger partial charge >= 0.3 is 0 Å². The molecule has 0 spiro atoms. The van der Waals surface area contributed by atoms with Crippen molar-refractivity contribution >= 4 is 27.4 Å². The van der Waals surface area contributed by atoms with Crippen molar-refractivity contribution in [3.05, 3.63) is 167 Å². The Morgan fingerprint density at radius 2 is 1.38 bits per heavy atom. The summed E-state index contributed by atoms with van der Waals surface area (Å²) in [5, 5.41) is 2.52. The molecule has 1 heterocycles. The summed E-state index contributed by atoms with van der Waals surface area (Å²) in [6, 6.07) is 38.3. The van der Waals surface area contributed by atoms with Gasteiger partial charge in [0.25, 0.3) is 0 Å². The highest BCUT2D eigenvalue weighted by Gasteiger charge is 2.17. The Hall–Kier alpha value is -5.14. The largest absolute Gasteiger partial charge is 0.309 e. The molecule has 0 fully saturated rings. The summed E-state index contributed by atoms with van der Waals surface area (Å²) in [6.45, 7) is 15.3. The number of benzene rings is 5. The second kappa shape index (κ2) is 13.7. The maximum atomic E-state index is 2.40. The number of allylic oxidation sites excluding steroid dienone is 8. The fourth-order valence-corrected chi connectivity index (χ4v) is 6.92. The smallest absolute Gasteiger partial charge is 0.0541 e. The molecule has 0 amide bonds. The van der Waals surface area contributed by atoms with Crippen molar-refractivity contribution in [3.63, 3.8) is 0 Å². The minimum absolute atomic E-state index is 0.347. The van der Waals surface area contributed by atoms with Crippen LogP contribution in [0.4, 0.5) is 0 Å². The third-order valence-corrected chi connectivity index (χ3v) is 9.71. The number of para-hydroxylation sites is 1. The molecule has 1 aromatic heterocycles. The monoisotopic (exact) mass is 611 g/mol. The van der Waals surface area contributed by atoms with E-state index in [0.29, 0.717) is 5.92 Å². The predicted octanol–water partition coefficient (Wildman–Crippen LogP) is 13.3. The molecule has 0 saturated heterocycles. The maximum absolute atomic E-state index is 2.40. The number of aryl methyl sites for hydroxylation is 1. The van der Waals surface area contributed by atoms with Crippen LogP contribution in [0.3, 0.4) is 0 Å². The maximum Gasteiger partial charge on any atom is 0.0541 e. The number of hydrogen-bond donors (Lipinski definition) is 0. The molecule has 1 nitrogen and oxygen atoms in total. The van der Waals surface area contributed by atoms with Gasteiger partial charge in [-0.3, -0.25) is 0 Å². The van der Waals surface area contributed by atoms with E-state index in [1.54, 1.807) is 0 Å². The van der Waals surface area contributed by atoms with Gasteiger partial charge in [0.05, 0.1) is 11.0 Å². The number of hydrogen-bond acceptors (Lipinski definition) is 0. The zero-order chi connectivity index (χ0) is 33.1. The zero-order valence-corrected chi connectivity index (χ0v) is 28.8. The summed E-state index contributed by atoms with van der Waals surface area (Å²) in [6.07, 6.45) is 12.9. The van der Waals surface area contributed by atoms with E-state index < -0.39 is 0 Å². The Morgan fingerprint density at radius 1 is 0.681 bits per heavy atom. The van der Waals surface area contributed by atoms with Gasteiger partial charge in [0.1, 0.15) is 0 Å². The van der Waals surface area contributed by atoms with Crippen molar-refractivity contribution in [1.82, 2.24) is 4.57 Å². The van der Waals surface area contributed by atoms with E-state index in [1.165, 1.54) is 83.1 Å². The molecular formula is C46H45N. The average molecular weight is 612 g/mol. The van der Waals surface area contributed by atoms with Crippen molar-refractivity contribution in [2.75, 3.05) is 0 Å². The van der Waals surface area contributed by atoms with Gasteiger partial charge < -0.3 is 4.57 Å². The van der Waals surface area contributed by atoms with Gasteiger partial charge in [0, 0.05) is 22.4 Å². The highest BCUT2D eigenvalue weighted by molar-refractivity contribution is 6.11. The standard InChI is InChI=1S/C46H45N/c1-8-11-17-31(4)33(6)40-20-15-21-41(34(40)7)42-28-37(23-22-32(42)5)38-25-27-46-44(30-38)43-29-36(35(10-3)16-9-2)24-26-45(43)47(46)39-18-13-12-14-19-39/h8-30,33H,1-7H3/b11-8-,16-9-,31-17-,35-10+. The van der Waals surface area contributed by atoms with Crippen LogP contribution in [-0.4, -0.2) is 4.57 Å². The van der Waals surface area contributed by atoms with Gasteiger partial charge in [0.2, 0.25) is 0 Å². The minimum Gasteiger partial charge on any atom is -0.309 e. The Balaban J connectivity index is 1.52. The Morgan fingerprint density at radius 3 is 2.11 bits per heavy atom. The van der Waals surface area contributed by atoms with Gasteiger partial charge in [0.15, 0.2) is 0 Å². The van der Waals surface area contributed by atoms with Crippen LogP contribution in [0.5, 0.6) is 0 Å². The van der Waals surface area contributed by atoms with Gasteiger partial charge in [-0.15, -0.1) is 0 Å². The van der Waals surface area contributed by atoms with Crippen molar-refractivity contribution in [2.45, 2.75) is 54.4 Å². The SMILES string of the molecule is C/C=C\C=C(\C)C(C)c1cccc(-c2cc(-c3ccc4c(c3)c3cc(C(/C=C\C)=C/C)ccc3n4-c3ccccc3)ccc2C)c1C. The molecule has 6 aromatic rings. The lowest BCUT2D eigenvalue weighted by Gasteiger charge is -2.20. The third kappa shape index (κ3) is 6.07. The molecule has 0 aliphatic heterocycles. The summed E-state index contributed by atoms with van der Waals surface area (Å²) in [5.41, 5.74) is 16.5. The van der Waals surface area contributed by atoms with Crippen LogP contribution in [0.1, 0.15) is 62.8 Å². The lowest BCUT2D eigenvalue weighted by molar-refractivity contribution is 0.884. The lowest BCUT2D eigenvalue weighted by atomic mass is 9.85. The molecular weight excluding hydrogens is 567 g/mol. The summed E-state index contributed by atoms with van der Waals surface area (Å²) in [7, 11) is 0. The number of aromatic nitrogens is 1. The summed E-state index contributed by atoms with van der Waals surface area (Å²) >= 11 is 0. The van der Waals surface area contributed by atoms with Crippen LogP contribution in [-0.2, 0) is 0 Å². The van der Waals surface area contributed by atoms with Crippen LogP contribution < -0.4 is 0 Å². The Labute approximate surface area is 280 Å². The second-order valence-electron chi connectivity index (χ2n) is 12.6. The molecule has 0 N–H and O–H groups in total. The fourth-order valence-electron chi connectivity index (χ4n) is 6.92. The first-order valence-corrected chi connectivity index (χ1v) is 16.8. The molecule has 0 bridgehead atoms.